The molecular weight excluding hydrogens is 190 g/mol. The van der Waals surface area contributed by atoms with Crippen LogP contribution >= 0.6 is 12.2 Å². The Morgan fingerprint density at radius 2 is 2.46 bits per heavy atom. The number of methoxy groups -OCH3 is 1. The summed E-state index contributed by atoms with van der Waals surface area (Å²) in [7, 11) is 1.26. The molecule has 1 heterocycles. The molecule has 0 radical (unpaired) electrons. The van der Waals surface area contributed by atoms with E-state index >= 15 is 0 Å². The second kappa shape index (κ2) is 3.87. The van der Waals surface area contributed by atoms with Crippen molar-refractivity contribution in [1.29, 1.82) is 5.26 Å². The van der Waals surface area contributed by atoms with Gasteiger partial charge >= 0.3 is 5.97 Å². The summed E-state index contributed by atoms with van der Waals surface area (Å²) in [5.41, 5.74) is 0.411. The van der Waals surface area contributed by atoms with E-state index in [1.165, 1.54) is 7.11 Å². The lowest BCUT2D eigenvalue weighted by Crippen LogP contribution is -2.43. The van der Waals surface area contributed by atoms with Gasteiger partial charge in [0.2, 0.25) is 0 Å². The predicted molar refractivity (Wildman–Crippen MR) is 48.4 cm³/mol. The first kappa shape index (κ1) is 9.48. The molecule has 0 aromatic rings. The van der Waals surface area contributed by atoms with E-state index in [1.807, 2.05) is 6.07 Å². The van der Waals surface area contributed by atoms with Crippen molar-refractivity contribution in [3.05, 3.63) is 11.3 Å². The third-order valence-corrected chi connectivity index (χ3v) is 1.76. The van der Waals surface area contributed by atoms with Crippen molar-refractivity contribution in [2.45, 2.75) is 0 Å². The molecule has 5 nitrogen and oxygen atoms in total. The maximum atomic E-state index is 11.1. The van der Waals surface area contributed by atoms with E-state index in [-0.39, 0.29) is 17.8 Å². The van der Waals surface area contributed by atoms with Gasteiger partial charge in [-0.15, -0.1) is 0 Å². The van der Waals surface area contributed by atoms with Crippen LogP contribution in [0.5, 0.6) is 0 Å². The molecule has 0 amide bonds. The van der Waals surface area contributed by atoms with Crippen LogP contribution in [0.3, 0.4) is 0 Å². The van der Waals surface area contributed by atoms with Crippen molar-refractivity contribution in [2.24, 2.45) is 0 Å². The Labute approximate surface area is 80.4 Å². The number of nitrogens with zero attached hydrogens (tertiary/aromatic N) is 1. The van der Waals surface area contributed by atoms with Gasteiger partial charge in [0.05, 0.1) is 19.2 Å². The molecule has 0 spiro atoms. The van der Waals surface area contributed by atoms with Crippen molar-refractivity contribution in [2.75, 3.05) is 13.7 Å². The number of ether oxygens (including phenoxy) is 1. The summed E-state index contributed by atoms with van der Waals surface area (Å²) in [4.78, 5) is 11.1. The fourth-order valence-corrected chi connectivity index (χ4v) is 1.06. The quantitative estimate of drug-likeness (QED) is 0.432. The van der Waals surface area contributed by atoms with Crippen LogP contribution in [0.4, 0.5) is 0 Å². The molecule has 1 aliphatic rings. The molecule has 0 atom stereocenters. The molecule has 0 fully saturated rings. The second-order valence-electron chi connectivity index (χ2n) is 2.26. The van der Waals surface area contributed by atoms with Crippen molar-refractivity contribution in [1.82, 2.24) is 10.6 Å². The lowest BCUT2D eigenvalue weighted by Gasteiger charge is -2.18. The Morgan fingerprint density at radius 3 is 3.00 bits per heavy atom. The van der Waals surface area contributed by atoms with Crippen molar-refractivity contribution in [3.8, 4) is 6.07 Å². The van der Waals surface area contributed by atoms with Crippen molar-refractivity contribution >= 4 is 23.3 Å². The Morgan fingerprint density at radius 1 is 1.77 bits per heavy atom. The first-order valence-electron chi connectivity index (χ1n) is 3.45. The van der Waals surface area contributed by atoms with E-state index < -0.39 is 5.97 Å². The van der Waals surface area contributed by atoms with Gasteiger partial charge in [-0.1, -0.05) is 0 Å². The molecule has 0 aromatic carbocycles. The number of thiocarbonyl (C=S) groups is 1. The zero-order valence-electron chi connectivity index (χ0n) is 6.88. The number of allylic oxidation sites excluding steroid dienone is 1. The minimum absolute atomic E-state index is 0.149. The van der Waals surface area contributed by atoms with Crippen LogP contribution in [0.2, 0.25) is 0 Å². The van der Waals surface area contributed by atoms with Gasteiger partial charge in [-0.25, -0.2) is 4.79 Å². The highest BCUT2D eigenvalue weighted by Gasteiger charge is 2.21. The Kier molecular flexibility index (Phi) is 2.82. The smallest absolute Gasteiger partial charge is 0.338 e. The molecule has 0 saturated carbocycles. The third kappa shape index (κ3) is 1.95. The highest BCUT2D eigenvalue weighted by molar-refractivity contribution is 7.80. The molecule has 1 rings (SSSR count). The minimum Gasteiger partial charge on any atom is -0.466 e. The Balaban J connectivity index is 2.97. The van der Waals surface area contributed by atoms with Crippen molar-refractivity contribution in [3.63, 3.8) is 0 Å². The third-order valence-electron chi connectivity index (χ3n) is 1.51. The molecule has 0 unspecified atom stereocenters. The van der Waals surface area contributed by atoms with Crippen LogP contribution in [-0.2, 0) is 9.53 Å². The zero-order chi connectivity index (χ0) is 9.84. The average Bonchev–Trinajstić information content (AvgIpc) is 2.16. The van der Waals surface area contributed by atoms with E-state index in [4.69, 9.17) is 17.5 Å². The van der Waals surface area contributed by atoms with Gasteiger partial charge in [0.1, 0.15) is 11.8 Å². The molecule has 0 bridgehead atoms. The number of rotatable bonds is 1. The monoisotopic (exact) mass is 197 g/mol. The van der Waals surface area contributed by atoms with Gasteiger partial charge in [0.25, 0.3) is 0 Å². The Bertz CT molecular complexity index is 329. The number of carbonyl (C=O) groups excluding carboxylic acids is 1. The largest absolute Gasteiger partial charge is 0.466 e. The van der Waals surface area contributed by atoms with Crippen molar-refractivity contribution < 1.29 is 9.53 Å². The Hall–Kier alpha value is -1.61. The second-order valence-corrected chi connectivity index (χ2v) is 2.67. The van der Waals surface area contributed by atoms with Crippen LogP contribution in [0.25, 0.3) is 0 Å². The van der Waals surface area contributed by atoms with Gasteiger partial charge in [-0.3, -0.25) is 0 Å². The standard InChI is InChI=1S/C7H7N3O2S/c1-12-6(11)4-3-9-7(13)10-5(4)2-8/h3H2,1H3,(H2,9,10,13). The molecule has 0 saturated heterocycles. The number of nitrogens with one attached hydrogen (secondary N) is 2. The summed E-state index contributed by atoms with van der Waals surface area (Å²) in [6, 6.07) is 1.84. The summed E-state index contributed by atoms with van der Waals surface area (Å²) in [6.45, 7) is 0.224. The van der Waals surface area contributed by atoms with Crippen LogP contribution in [0.1, 0.15) is 0 Å². The SMILES string of the molecule is COC(=O)C1=C(C#N)NC(=S)NC1. The average molecular weight is 197 g/mol. The molecule has 68 valence electrons. The summed E-state index contributed by atoms with van der Waals surface area (Å²) in [5.74, 6) is -0.529. The lowest BCUT2D eigenvalue weighted by molar-refractivity contribution is -0.136. The lowest BCUT2D eigenvalue weighted by atomic mass is 10.2. The van der Waals surface area contributed by atoms with Crippen LogP contribution < -0.4 is 10.6 Å². The van der Waals surface area contributed by atoms with Crippen LogP contribution in [-0.4, -0.2) is 24.7 Å². The molecule has 13 heavy (non-hydrogen) atoms. The molecule has 1 aliphatic heterocycles. The number of nitriles is 1. The zero-order valence-corrected chi connectivity index (χ0v) is 7.70. The van der Waals surface area contributed by atoms with Crippen LogP contribution in [0, 0.1) is 11.3 Å². The fourth-order valence-electron chi connectivity index (χ4n) is 0.883. The first-order valence-corrected chi connectivity index (χ1v) is 3.86. The van der Waals surface area contributed by atoms with E-state index in [2.05, 4.69) is 15.4 Å². The minimum atomic E-state index is -0.529. The van der Waals surface area contributed by atoms with Gasteiger partial charge in [0, 0.05) is 0 Å². The summed E-state index contributed by atoms with van der Waals surface area (Å²) in [6.07, 6.45) is 0. The number of carbonyl (C=O) groups is 1. The topological polar surface area (TPSA) is 74.2 Å². The van der Waals surface area contributed by atoms with E-state index in [9.17, 15) is 4.79 Å². The molecule has 0 aliphatic carbocycles. The highest BCUT2D eigenvalue weighted by Crippen LogP contribution is 2.05. The predicted octanol–water partition coefficient (Wildman–Crippen LogP) is -0.585. The van der Waals surface area contributed by atoms with E-state index in [1.54, 1.807) is 0 Å². The number of esters is 1. The number of hydrogen-bond donors (Lipinski definition) is 2. The van der Waals surface area contributed by atoms with Gasteiger partial charge in [-0.2, -0.15) is 5.26 Å². The molecule has 2 N–H and O–H groups in total. The summed E-state index contributed by atoms with van der Waals surface area (Å²) in [5, 5.41) is 14.3. The summed E-state index contributed by atoms with van der Waals surface area (Å²) >= 11 is 4.77. The van der Waals surface area contributed by atoms with Gasteiger partial charge in [0.15, 0.2) is 5.11 Å². The molecule has 6 heteroatoms. The van der Waals surface area contributed by atoms with Gasteiger partial charge in [-0.05, 0) is 12.2 Å². The summed E-state index contributed by atoms with van der Waals surface area (Å²) < 4.78 is 4.49. The number of hydrogen-bond acceptors (Lipinski definition) is 4. The van der Waals surface area contributed by atoms with E-state index in [0.717, 1.165) is 0 Å². The first-order chi connectivity index (χ1) is 6.19. The maximum absolute atomic E-state index is 11.1. The fraction of sp³-hybridized carbons (Fsp3) is 0.286. The van der Waals surface area contributed by atoms with Gasteiger partial charge < -0.3 is 15.4 Å². The maximum Gasteiger partial charge on any atom is 0.338 e. The molecule has 0 aromatic heterocycles. The molecular formula is C7H7N3O2S. The van der Waals surface area contributed by atoms with E-state index in [0.29, 0.717) is 5.11 Å². The van der Waals surface area contributed by atoms with Crippen LogP contribution in [0.15, 0.2) is 11.3 Å². The normalized spacial score (nSPS) is 15.5. The highest BCUT2D eigenvalue weighted by atomic mass is 32.1.